The van der Waals surface area contributed by atoms with Gasteiger partial charge in [-0.3, -0.25) is 4.79 Å². The van der Waals surface area contributed by atoms with Crippen LogP contribution >= 0.6 is 11.8 Å². The van der Waals surface area contributed by atoms with Gasteiger partial charge in [-0.25, -0.2) is 0 Å². The normalized spacial score (nSPS) is 10.6. The van der Waals surface area contributed by atoms with Gasteiger partial charge in [-0.15, -0.1) is 10.2 Å². The Hall–Kier alpha value is -3.64. The summed E-state index contributed by atoms with van der Waals surface area (Å²) in [5.41, 5.74) is 5.23. The van der Waals surface area contributed by atoms with Crippen molar-refractivity contribution in [2.75, 3.05) is 19.4 Å². The van der Waals surface area contributed by atoms with E-state index in [4.69, 9.17) is 4.74 Å². The summed E-state index contributed by atoms with van der Waals surface area (Å²) in [5.74, 6) is 1.11. The molecule has 0 bridgehead atoms. The molecule has 0 aliphatic heterocycles. The van der Waals surface area contributed by atoms with E-state index in [-0.39, 0.29) is 5.91 Å². The molecule has 0 aliphatic carbocycles. The minimum absolute atomic E-state index is 0.0303. The minimum Gasteiger partial charge on any atom is -0.496 e. The van der Waals surface area contributed by atoms with Crippen LogP contribution < -0.4 is 10.1 Å². The smallest absolute Gasteiger partial charge is 0.230 e. The molecule has 5 nitrogen and oxygen atoms in total. The summed E-state index contributed by atoms with van der Waals surface area (Å²) >= 11 is 1.38. The number of nitrogens with one attached hydrogen (secondary N) is 1. The number of methoxy groups -OCH3 is 1. The van der Waals surface area contributed by atoms with Crippen molar-refractivity contribution in [1.29, 1.82) is 0 Å². The van der Waals surface area contributed by atoms with Crippen molar-refractivity contribution in [3.05, 3.63) is 96.6 Å². The van der Waals surface area contributed by atoms with Crippen LogP contribution in [0.15, 0.2) is 96.0 Å². The Labute approximate surface area is 198 Å². The van der Waals surface area contributed by atoms with E-state index in [1.165, 1.54) is 17.3 Å². The van der Waals surface area contributed by atoms with E-state index in [0.29, 0.717) is 12.3 Å². The maximum Gasteiger partial charge on any atom is 0.230 e. The molecule has 0 aliphatic rings. The van der Waals surface area contributed by atoms with Crippen LogP contribution in [-0.2, 0) is 11.2 Å². The zero-order valence-corrected chi connectivity index (χ0v) is 19.2. The number of carbonyl (C=O) groups is 1. The Morgan fingerprint density at radius 1 is 0.818 bits per heavy atom. The summed E-state index contributed by atoms with van der Waals surface area (Å²) in [7, 11) is 1.65. The summed E-state index contributed by atoms with van der Waals surface area (Å²) < 4.78 is 5.34. The minimum atomic E-state index is -0.0303. The van der Waals surface area contributed by atoms with Gasteiger partial charge in [0.25, 0.3) is 0 Å². The van der Waals surface area contributed by atoms with E-state index in [0.717, 1.165) is 39.6 Å². The number of ether oxygens (including phenoxy) is 1. The average Bonchev–Trinajstić information content (AvgIpc) is 2.89. The van der Waals surface area contributed by atoms with Crippen LogP contribution in [0, 0.1) is 0 Å². The molecule has 166 valence electrons. The Balaban J connectivity index is 1.26. The van der Waals surface area contributed by atoms with Gasteiger partial charge in [0.05, 0.1) is 18.6 Å². The molecule has 6 heteroatoms. The lowest BCUT2D eigenvalue weighted by Gasteiger charge is -2.09. The lowest BCUT2D eigenvalue weighted by Crippen LogP contribution is -2.27. The van der Waals surface area contributed by atoms with Crippen LogP contribution in [0.25, 0.3) is 22.4 Å². The van der Waals surface area contributed by atoms with E-state index < -0.39 is 0 Å². The van der Waals surface area contributed by atoms with Gasteiger partial charge < -0.3 is 10.1 Å². The van der Waals surface area contributed by atoms with E-state index >= 15 is 0 Å². The molecule has 1 aromatic heterocycles. The van der Waals surface area contributed by atoms with E-state index in [2.05, 4.69) is 39.8 Å². The van der Waals surface area contributed by atoms with Gasteiger partial charge in [0, 0.05) is 12.1 Å². The van der Waals surface area contributed by atoms with E-state index in [1.807, 2.05) is 66.7 Å². The molecule has 4 aromatic rings. The molecule has 0 radical (unpaired) electrons. The second-order valence-electron chi connectivity index (χ2n) is 7.40. The molecule has 33 heavy (non-hydrogen) atoms. The quantitative estimate of drug-likeness (QED) is 0.348. The lowest BCUT2D eigenvalue weighted by atomic mass is 10.0. The average molecular weight is 456 g/mol. The van der Waals surface area contributed by atoms with Gasteiger partial charge in [0.15, 0.2) is 0 Å². The van der Waals surface area contributed by atoms with Gasteiger partial charge in [0.2, 0.25) is 5.91 Å². The Morgan fingerprint density at radius 3 is 2.24 bits per heavy atom. The molecule has 4 rings (SSSR count). The van der Waals surface area contributed by atoms with Crippen LogP contribution in [0.3, 0.4) is 0 Å². The van der Waals surface area contributed by atoms with Gasteiger partial charge in [0.1, 0.15) is 10.8 Å². The van der Waals surface area contributed by atoms with Crippen LogP contribution in [0.5, 0.6) is 5.75 Å². The molecule has 0 unspecified atom stereocenters. The Bertz CT molecular complexity index is 1180. The summed E-state index contributed by atoms with van der Waals surface area (Å²) in [4.78, 5) is 12.2. The van der Waals surface area contributed by atoms with E-state index in [1.54, 1.807) is 7.11 Å². The highest BCUT2D eigenvalue weighted by molar-refractivity contribution is 7.99. The monoisotopic (exact) mass is 455 g/mol. The number of hydrogen-bond acceptors (Lipinski definition) is 5. The van der Waals surface area contributed by atoms with Crippen molar-refractivity contribution in [2.24, 2.45) is 0 Å². The number of amides is 1. The van der Waals surface area contributed by atoms with Gasteiger partial charge in [-0.2, -0.15) is 0 Å². The number of thioether (sulfide) groups is 1. The highest BCUT2D eigenvalue weighted by Crippen LogP contribution is 2.24. The van der Waals surface area contributed by atoms with Crippen molar-refractivity contribution in [3.8, 4) is 28.1 Å². The summed E-state index contributed by atoms with van der Waals surface area (Å²) in [5, 5.41) is 12.3. The van der Waals surface area contributed by atoms with Crippen molar-refractivity contribution >= 4 is 17.7 Å². The zero-order valence-electron chi connectivity index (χ0n) is 18.4. The predicted octanol–water partition coefficient (Wildman–Crippen LogP) is 5.27. The SMILES string of the molecule is COc1ccccc1CCNC(=O)CSc1ccc(-c2ccc(-c3ccccc3)cc2)nn1. The lowest BCUT2D eigenvalue weighted by molar-refractivity contribution is -0.118. The van der Waals surface area contributed by atoms with Crippen molar-refractivity contribution < 1.29 is 9.53 Å². The number of rotatable bonds is 9. The van der Waals surface area contributed by atoms with Crippen LogP contribution in [-0.4, -0.2) is 35.5 Å². The molecule has 0 saturated heterocycles. The third-order valence-corrected chi connectivity index (χ3v) is 6.11. The molecule has 1 N–H and O–H groups in total. The maximum atomic E-state index is 12.2. The molecule has 1 heterocycles. The van der Waals surface area contributed by atoms with Crippen LogP contribution in [0.2, 0.25) is 0 Å². The molecule has 1 amide bonds. The number of carbonyl (C=O) groups excluding carboxylic acids is 1. The molecule has 3 aromatic carbocycles. The highest BCUT2D eigenvalue weighted by atomic mass is 32.2. The zero-order chi connectivity index (χ0) is 22.9. The highest BCUT2D eigenvalue weighted by Gasteiger charge is 2.07. The fourth-order valence-electron chi connectivity index (χ4n) is 3.45. The number of benzene rings is 3. The maximum absolute atomic E-state index is 12.2. The Kier molecular flexibility index (Phi) is 7.72. The predicted molar refractivity (Wildman–Crippen MR) is 133 cm³/mol. The third kappa shape index (κ3) is 6.20. The second kappa shape index (κ2) is 11.3. The van der Waals surface area contributed by atoms with Crippen LogP contribution in [0.4, 0.5) is 0 Å². The largest absolute Gasteiger partial charge is 0.496 e. The van der Waals surface area contributed by atoms with E-state index in [9.17, 15) is 4.79 Å². The van der Waals surface area contributed by atoms with Gasteiger partial charge in [-0.05, 0) is 41.3 Å². The number of aromatic nitrogens is 2. The van der Waals surface area contributed by atoms with Crippen molar-refractivity contribution in [3.63, 3.8) is 0 Å². The number of nitrogens with zero attached hydrogens (tertiary/aromatic N) is 2. The molecule has 0 atom stereocenters. The first-order chi connectivity index (χ1) is 16.2. The number of hydrogen-bond donors (Lipinski definition) is 1. The number of para-hydroxylation sites is 1. The fraction of sp³-hybridized carbons (Fsp3) is 0.148. The topological polar surface area (TPSA) is 64.1 Å². The first-order valence-electron chi connectivity index (χ1n) is 10.7. The summed E-state index contributed by atoms with van der Waals surface area (Å²) in [6.07, 6.45) is 0.720. The fourth-order valence-corrected chi connectivity index (χ4v) is 4.10. The summed E-state index contributed by atoms with van der Waals surface area (Å²) in [6, 6.07) is 30.2. The second-order valence-corrected chi connectivity index (χ2v) is 8.40. The van der Waals surface area contributed by atoms with Crippen molar-refractivity contribution in [1.82, 2.24) is 15.5 Å². The molecular weight excluding hydrogens is 430 g/mol. The first-order valence-corrected chi connectivity index (χ1v) is 11.7. The molecule has 0 fully saturated rings. The van der Waals surface area contributed by atoms with Gasteiger partial charge >= 0.3 is 0 Å². The molecular formula is C27H25N3O2S. The molecule has 0 spiro atoms. The first kappa shape index (κ1) is 22.6. The Morgan fingerprint density at radius 2 is 1.52 bits per heavy atom. The third-order valence-electron chi connectivity index (χ3n) is 5.19. The van der Waals surface area contributed by atoms with Crippen molar-refractivity contribution in [2.45, 2.75) is 11.4 Å². The van der Waals surface area contributed by atoms with Gasteiger partial charge in [-0.1, -0.05) is 84.6 Å². The molecule has 0 saturated carbocycles. The standard InChI is InChI=1S/C27H25N3O2S/c1-32-25-10-6-5-9-23(25)17-18-28-26(31)19-33-27-16-15-24(29-30-27)22-13-11-21(12-14-22)20-7-3-2-4-8-20/h2-16H,17-19H2,1H3,(H,28,31). The van der Waals surface area contributed by atoms with Crippen LogP contribution in [0.1, 0.15) is 5.56 Å². The summed E-state index contributed by atoms with van der Waals surface area (Å²) in [6.45, 7) is 0.559.